The van der Waals surface area contributed by atoms with Gasteiger partial charge in [0, 0.05) is 18.4 Å². The van der Waals surface area contributed by atoms with E-state index in [1.54, 1.807) is 19.2 Å². The maximum Gasteiger partial charge on any atom is 0.573 e. The molecular formula is C18H21F3N2O3. The molecule has 0 aliphatic carbocycles. The van der Waals surface area contributed by atoms with Gasteiger partial charge in [0.05, 0.1) is 6.10 Å². The number of amides is 1. The van der Waals surface area contributed by atoms with Crippen molar-refractivity contribution in [3.8, 4) is 11.5 Å². The molecule has 0 heterocycles. The number of anilines is 2. The number of hydrogen-bond acceptors (Lipinski definition) is 4. The van der Waals surface area contributed by atoms with E-state index in [9.17, 15) is 18.0 Å². The van der Waals surface area contributed by atoms with E-state index in [0.29, 0.717) is 6.41 Å². The van der Waals surface area contributed by atoms with Crippen molar-refractivity contribution in [1.29, 1.82) is 0 Å². The van der Waals surface area contributed by atoms with E-state index in [1.165, 1.54) is 24.3 Å². The normalized spacial score (nSPS) is 10.4. The van der Waals surface area contributed by atoms with Crippen molar-refractivity contribution in [2.75, 3.05) is 17.7 Å². The van der Waals surface area contributed by atoms with Gasteiger partial charge in [-0.3, -0.25) is 4.79 Å². The predicted molar refractivity (Wildman–Crippen MR) is 94.6 cm³/mol. The fraction of sp³-hybridized carbons (Fsp3) is 0.278. The average Bonchev–Trinajstić information content (AvgIpc) is 2.56. The fourth-order valence-corrected chi connectivity index (χ4v) is 1.79. The van der Waals surface area contributed by atoms with Crippen LogP contribution in [0.1, 0.15) is 13.8 Å². The van der Waals surface area contributed by atoms with Crippen LogP contribution in [0.4, 0.5) is 24.5 Å². The van der Waals surface area contributed by atoms with E-state index in [0.717, 1.165) is 17.1 Å². The molecule has 0 saturated carbocycles. The van der Waals surface area contributed by atoms with Gasteiger partial charge < -0.3 is 20.1 Å². The Morgan fingerprint density at radius 1 is 0.923 bits per heavy atom. The van der Waals surface area contributed by atoms with E-state index in [-0.39, 0.29) is 11.9 Å². The van der Waals surface area contributed by atoms with Crippen molar-refractivity contribution < 1.29 is 27.4 Å². The summed E-state index contributed by atoms with van der Waals surface area (Å²) < 4.78 is 44.2. The molecule has 0 aliphatic heterocycles. The van der Waals surface area contributed by atoms with Crippen LogP contribution >= 0.6 is 0 Å². The van der Waals surface area contributed by atoms with Gasteiger partial charge in [-0.25, -0.2) is 0 Å². The van der Waals surface area contributed by atoms with Crippen molar-refractivity contribution in [3.05, 3.63) is 48.5 Å². The van der Waals surface area contributed by atoms with Crippen LogP contribution in [0.15, 0.2) is 48.5 Å². The summed E-state index contributed by atoms with van der Waals surface area (Å²) in [6, 6.07) is 12.7. The smallest absolute Gasteiger partial charge is 0.491 e. The number of nitrogens with one attached hydrogen (secondary N) is 2. The predicted octanol–water partition coefficient (Wildman–Crippen LogP) is 4.67. The van der Waals surface area contributed by atoms with E-state index in [4.69, 9.17) is 4.74 Å². The molecule has 26 heavy (non-hydrogen) atoms. The van der Waals surface area contributed by atoms with E-state index in [2.05, 4.69) is 15.4 Å². The van der Waals surface area contributed by atoms with Crippen LogP contribution in [0.5, 0.6) is 11.5 Å². The van der Waals surface area contributed by atoms with Gasteiger partial charge in [0.15, 0.2) is 0 Å². The Morgan fingerprint density at radius 2 is 1.42 bits per heavy atom. The largest absolute Gasteiger partial charge is 0.573 e. The number of benzene rings is 2. The molecule has 0 unspecified atom stereocenters. The lowest BCUT2D eigenvalue weighted by atomic mass is 10.3. The molecule has 1 amide bonds. The Morgan fingerprint density at radius 3 is 1.85 bits per heavy atom. The lowest BCUT2D eigenvalue weighted by Gasteiger charge is -2.09. The molecule has 0 aliphatic rings. The SMILES string of the molecule is CC(C)Oc1ccc(NC=O)cc1.CNc1ccc(OC(F)(F)F)cc1. The number of rotatable bonds is 6. The summed E-state index contributed by atoms with van der Waals surface area (Å²) in [5, 5.41) is 5.33. The molecule has 0 radical (unpaired) electrons. The number of alkyl halides is 3. The van der Waals surface area contributed by atoms with Crippen LogP contribution in [-0.2, 0) is 4.79 Å². The monoisotopic (exact) mass is 370 g/mol. The van der Waals surface area contributed by atoms with Crippen LogP contribution in [-0.4, -0.2) is 25.9 Å². The van der Waals surface area contributed by atoms with Crippen molar-refractivity contribution in [2.45, 2.75) is 26.3 Å². The highest BCUT2D eigenvalue weighted by Gasteiger charge is 2.30. The molecule has 0 fully saturated rings. The number of hydrogen-bond donors (Lipinski definition) is 2. The molecule has 2 N–H and O–H groups in total. The zero-order valence-corrected chi connectivity index (χ0v) is 14.6. The topological polar surface area (TPSA) is 59.6 Å². The maximum atomic E-state index is 11.7. The summed E-state index contributed by atoms with van der Waals surface area (Å²) in [4.78, 5) is 10.1. The summed E-state index contributed by atoms with van der Waals surface area (Å²) in [5.41, 5.74) is 1.50. The number of halogens is 3. The van der Waals surface area contributed by atoms with Crippen LogP contribution in [0, 0.1) is 0 Å². The van der Waals surface area contributed by atoms with E-state index in [1.807, 2.05) is 26.0 Å². The molecule has 5 nitrogen and oxygen atoms in total. The summed E-state index contributed by atoms with van der Waals surface area (Å²) >= 11 is 0. The van der Waals surface area contributed by atoms with Gasteiger partial charge in [-0.05, 0) is 62.4 Å². The second kappa shape index (κ2) is 10.2. The summed E-state index contributed by atoms with van der Waals surface area (Å²) in [5.74, 6) is 0.595. The minimum Gasteiger partial charge on any atom is -0.491 e. The molecule has 2 aromatic rings. The van der Waals surface area contributed by atoms with Gasteiger partial charge in [0.25, 0.3) is 0 Å². The molecule has 0 atom stereocenters. The van der Waals surface area contributed by atoms with Gasteiger partial charge in [-0.1, -0.05) is 0 Å². The minimum absolute atomic E-state index is 0.171. The minimum atomic E-state index is -4.62. The van der Waals surface area contributed by atoms with Crippen molar-refractivity contribution in [3.63, 3.8) is 0 Å². The maximum absolute atomic E-state index is 11.7. The van der Waals surface area contributed by atoms with Crippen molar-refractivity contribution >= 4 is 17.8 Å². The van der Waals surface area contributed by atoms with Gasteiger partial charge in [0.1, 0.15) is 11.5 Å². The summed E-state index contributed by atoms with van der Waals surface area (Å²) in [7, 11) is 1.68. The molecule has 2 rings (SSSR count). The molecule has 2 aromatic carbocycles. The van der Waals surface area contributed by atoms with Crippen LogP contribution in [0.2, 0.25) is 0 Å². The number of carbonyl (C=O) groups is 1. The zero-order valence-electron chi connectivity index (χ0n) is 14.6. The van der Waals surface area contributed by atoms with E-state index < -0.39 is 6.36 Å². The molecule has 8 heteroatoms. The van der Waals surface area contributed by atoms with Crippen molar-refractivity contribution in [1.82, 2.24) is 0 Å². The Kier molecular flexibility index (Phi) is 8.27. The number of carbonyl (C=O) groups excluding carboxylic acids is 1. The quantitative estimate of drug-likeness (QED) is 0.726. The lowest BCUT2D eigenvalue weighted by Crippen LogP contribution is -2.16. The second-order valence-electron chi connectivity index (χ2n) is 5.28. The second-order valence-corrected chi connectivity index (χ2v) is 5.28. The lowest BCUT2D eigenvalue weighted by molar-refractivity contribution is -0.274. The molecule has 0 bridgehead atoms. The zero-order chi connectivity index (χ0) is 19.6. The Balaban J connectivity index is 0.000000260. The third-order valence-electron chi connectivity index (χ3n) is 2.83. The van der Waals surface area contributed by atoms with Crippen LogP contribution in [0.25, 0.3) is 0 Å². The van der Waals surface area contributed by atoms with Gasteiger partial charge >= 0.3 is 6.36 Å². The molecule has 0 spiro atoms. The molecule has 142 valence electrons. The highest BCUT2D eigenvalue weighted by molar-refractivity contribution is 5.71. The molecule has 0 aromatic heterocycles. The molecule has 0 saturated heterocycles. The first-order chi connectivity index (χ1) is 12.2. The van der Waals surface area contributed by atoms with Crippen LogP contribution < -0.4 is 20.1 Å². The third kappa shape index (κ3) is 8.81. The summed E-state index contributed by atoms with van der Waals surface area (Å²) in [6.07, 6.45) is -3.80. The van der Waals surface area contributed by atoms with Gasteiger partial charge in [-0.2, -0.15) is 0 Å². The number of ether oxygens (including phenoxy) is 2. The standard InChI is InChI=1S/C10H13NO2.C8H8F3NO/c1-8(2)13-10-5-3-9(4-6-10)11-7-12;1-12-6-2-4-7(5-3-6)13-8(9,10)11/h3-8H,1-2H3,(H,11,12);2-5,12H,1H3. The van der Waals surface area contributed by atoms with Gasteiger partial charge in [0.2, 0.25) is 6.41 Å². The molecular weight excluding hydrogens is 349 g/mol. The highest BCUT2D eigenvalue weighted by atomic mass is 19.4. The third-order valence-corrected chi connectivity index (χ3v) is 2.83. The Labute approximate surface area is 150 Å². The van der Waals surface area contributed by atoms with Crippen LogP contribution in [0.3, 0.4) is 0 Å². The van der Waals surface area contributed by atoms with Crippen molar-refractivity contribution in [2.24, 2.45) is 0 Å². The van der Waals surface area contributed by atoms with Gasteiger partial charge in [-0.15, -0.1) is 13.2 Å². The first-order valence-corrected chi connectivity index (χ1v) is 7.74. The summed E-state index contributed by atoms with van der Waals surface area (Å²) in [6.45, 7) is 3.94. The highest BCUT2D eigenvalue weighted by Crippen LogP contribution is 2.23. The first-order valence-electron chi connectivity index (χ1n) is 7.74. The average molecular weight is 370 g/mol. The first kappa shape index (κ1) is 21.1. The van der Waals surface area contributed by atoms with E-state index >= 15 is 0 Å². The Bertz CT molecular complexity index is 657. The Hall–Kier alpha value is -2.90. The fourth-order valence-electron chi connectivity index (χ4n) is 1.79.